The first kappa shape index (κ1) is 17.4. The fourth-order valence-electron chi connectivity index (χ4n) is 4.66. The third-order valence-electron chi connectivity index (χ3n) is 6.43. The molecule has 0 saturated heterocycles. The number of benzene rings is 1. The van der Waals surface area contributed by atoms with Crippen molar-refractivity contribution in [2.24, 2.45) is 23.2 Å². The molecular formula is C22H32O2. The number of unbranched alkanes of at least 4 members (excludes halogenated alkanes) is 1. The second-order valence-corrected chi connectivity index (χ2v) is 8.87. The zero-order chi connectivity index (χ0) is 17.5. The number of hydrogen-bond donors (Lipinski definition) is 2. The van der Waals surface area contributed by atoms with Gasteiger partial charge in [-0.15, -0.1) is 0 Å². The SMILES string of the molecule is CC(C)CCCCc1cc(O)c(C2C=CC3CC2C3(C)C)c(O)c1. The van der Waals surface area contributed by atoms with Gasteiger partial charge in [0.15, 0.2) is 0 Å². The first-order valence-electron chi connectivity index (χ1n) is 9.53. The van der Waals surface area contributed by atoms with Crippen LogP contribution in [0.5, 0.6) is 11.5 Å². The Morgan fingerprint density at radius 1 is 1.08 bits per heavy atom. The molecule has 24 heavy (non-hydrogen) atoms. The Morgan fingerprint density at radius 2 is 1.75 bits per heavy atom. The molecule has 4 rings (SSSR count). The third-order valence-corrected chi connectivity index (χ3v) is 6.43. The molecule has 0 aliphatic heterocycles. The highest BCUT2D eigenvalue weighted by molar-refractivity contribution is 5.52. The van der Waals surface area contributed by atoms with Gasteiger partial charge in [0.05, 0.1) is 0 Å². The number of allylic oxidation sites excluding steroid dienone is 2. The van der Waals surface area contributed by atoms with E-state index in [4.69, 9.17) is 0 Å². The Hall–Kier alpha value is -1.44. The molecule has 0 amide bonds. The molecule has 0 spiro atoms. The normalized spacial score (nSPS) is 27.3. The first-order chi connectivity index (χ1) is 11.3. The highest BCUT2D eigenvalue weighted by Gasteiger charge is 2.53. The maximum atomic E-state index is 10.6. The van der Waals surface area contributed by atoms with Gasteiger partial charge >= 0.3 is 0 Å². The highest BCUT2D eigenvalue weighted by Crippen LogP contribution is 2.62. The minimum Gasteiger partial charge on any atom is -0.507 e. The molecule has 0 heterocycles. The Labute approximate surface area is 146 Å². The van der Waals surface area contributed by atoms with Crippen LogP contribution in [-0.4, -0.2) is 10.2 Å². The van der Waals surface area contributed by atoms with Gasteiger partial charge in [0.25, 0.3) is 0 Å². The number of phenolic OH excluding ortho intramolecular Hbond substituents is 2. The lowest BCUT2D eigenvalue weighted by atomic mass is 9.47. The van der Waals surface area contributed by atoms with Crippen LogP contribution in [0.2, 0.25) is 0 Å². The lowest BCUT2D eigenvalue weighted by Crippen LogP contribution is -2.49. The second kappa shape index (κ2) is 6.46. The van der Waals surface area contributed by atoms with Gasteiger partial charge in [-0.05, 0) is 60.1 Å². The number of fused-ring (bicyclic) bond motifs is 1. The Balaban J connectivity index is 1.74. The summed E-state index contributed by atoms with van der Waals surface area (Å²) in [6.07, 6.45) is 10.1. The molecule has 2 bridgehead atoms. The lowest BCUT2D eigenvalue weighted by molar-refractivity contribution is -0.0111. The molecule has 0 radical (unpaired) electrons. The van der Waals surface area contributed by atoms with Crippen molar-refractivity contribution >= 4 is 0 Å². The highest BCUT2D eigenvalue weighted by atomic mass is 16.3. The van der Waals surface area contributed by atoms with Gasteiger partial charge in [0, 0.05) is 11.5 Å². The van der Waals surface area contributed by atoms with Crippen molar-refractivity contribution in [3.63, 3.8) is 0 Å². The predicted octanol–water partition coefficient (Wildman–Crippen LogP) is 5.78. The summed E-state index contributed by atoms with van der Waals surface area (Å²) in [5.74, 6) is 2.58. The molecule has 2 heteroatoms. The van der Waals surface area contributed by atoms with Crippen LogP contribution in [0, 0.1) is 23.2 Å². The van der Waals surface area contributed by atoms with Gasteiger partial charge < -0.3 is 10.2 Å². The molecule has 2 nitrogen and oxygen atoms in total. The Morgan fingerprint density at radius 3 is 2.29 bits per heavy atom. The van der Waals surface area contributed by atoms with Crippen LogP contribution >= 0.6 is 0 Å². The van der Waals surface area contributed by atoms with Crippen LogP contribution in [-0.2, 0) is 6.42 Å². The largest absolute Gasteiger partial charge is 0.507 e. The zero-order valence-corrected chi connectivity index (χ0v) is 15.5. The third kappa shape index (κ3) is 3.08. The van der Waals surface area contributed by atoms with Crippen molar-refractivity contribution in [2.75, 3.05) is 0 Å². The van der Waals surface area contributed by atoms with E-state index in [1.807, 2.05) is 12.1 Å². The monoisotopic (exact) mass is 328 g/mol. The van der Waals surface area contributed by atoms with Crippen LogP contribution in [0.1, 0.15) is 70.4 Å². The number of aromatic hydroxyl groups is 2. The summed E-state index contributed by atoms with van der Waals surface area (Å²) in [4.78, 5) is 0. The maximum Gasteiger partial charge on any atom is 0.123 e. The number of aryl methyl sites for hydroxylation is 1. The van der Waals surface area contributed by atoms with Crippen molar-refractivity contribution < 1.29 is 10.2 Å². The molecule has 1 saturated carbocycles. The van der Waals surface area contributed by atoms with E-state index in [1.54, 1.807) is 0 Å². The molecule has 2 N–H and O–H groups in total. The van der Waals surface area contributed by atoms with E-state index < -0.39 is 0 Å². The Bertz CT molecular complexity index is 604. The van der Waals surface area contributed by atoms with Crippen molar-refractivity contribution in [3.8, 4) is 11.5 Å². The quantitative estimate of drug-likeness (QED) is 0.513. The molecule has 132 valence electrons. The Kier molecular flexibility index (Phi) is 4.68. The van der Waals surface area contributed by atoms with Crippen molar-refractivity contribution in [1.82, 2.24) is 0 Å². The summed E-state index contributed by atoms with van der Waals surface area (Å²) in [6, 6.07) is 3.74. The smallest absolute Gasteiger partial charge is 0.123 e. The summed E-state index contributed by atoms with van der Waals surface area (Å²) in [5, 5.41) is 21.2. The minimum atomic E-state index is 0.139. The van der Waals surface area contributed by atoms with E-state index >= 15 is 0 Å². The topological polar surface area (TPSA) is 40.5 Å². The van der Waals surface area contributed by atoms with E-state index in [-0.39, 0.29) is 22.8 Å². The molecule has 3 aliphatic carbocycles. The molecule has 0 aromatic heterocycles. The average molecular weight is 328 g/mol. The van der Waals surface area contributed by atoms with Gasteiger partial charge in [-0.25, -0.2) is 0 Å². The number of hydrogen-bond acceptors (Lipinski definition) is 2. The molecule has 1 aromatic rings. The molecule has 3 aliphatic rings. The van der Waals surface area contributed by atoms with E-state index in [9.17, 15) is 10.2 Å². The minimum absolute atomic E-state index is 0.139. The van der Waals surface area contributed by atoms with Crippen LogP contribution in [0.25, 0.3) is 0 Å². The average Bonchev–Trinajstić information content (AvgIpc) is 2.50. The maximum absolute atomic E-state index is 10.6. The summed E-state index contributed by atoms with van der Waals surface area (Å²) < 4.78 is 0. The number of phenols is 2. The molecule has 1 aromatic carbocycles. The molecular weight excluding hydrogens is 296 g/mol. The van der Waals surface area contributed by atoms with Gasteiger partial charge in [-0.3, -0.25) is 0 Å². The van der Waals surface area contributed by atoms with E-state index in [1.165, 1.54) is 19.3 Å². The molecule has 1 fully saturated rings. The van der Waals surface area contributed by atoms with Crippen molar-refractivity contribution in [1.29, 1.82) is 0 Å². The van der Waals surface area contributed by atoms with Crippen molar-refractivity contribution in [2.45, 2.75) is 65.7 Å². The summed E-state index contributed by atoms with van der Waals surface area (Å²) >= 11 is 0. The van der Waals surface area contributed by atoms with E-state index in [0.29, 0.717) is 11.8 Å². The molecule has 3 atom stereocenters. The van der Waals surface area contributed by atoms with Crippen LogP contribution in [0.3, 0.4) is 0 Å². The molecule has 3 unspecified atom stereocenters. The number of rotatable bonds is 6. The van der Waals surface area contributed by atoms with Gasteiger partial charge in [0.2, 0.25) is 0 Å². The van der Waals surface area contributed by atoms with Crippen molar-refractivity contribution in [3.05, 3.63) is 35.4 Å². The first-order valence-corrected chi connectivity index (χ1v) is 9.53. The fourth-order valence-corrected chi connectivity index (χ4v) is 4.66. The zero-order valence-electron chi connectivity index (χ0n) is 15.5. The van der Waals surface area contributed by atoms with Crippen LogP contribution in [0.4, 0.5) is 0 Å². The van der Waals surface area contributed by atoms with E-state index in [2.05, 4.69) is 39.8 Å². The van der Waals surface area contributed by atoms with Gasteiger partial charge in [0.1, 0.15) is 11.5 Å². The standard InChI is InChI=1S/C22H32O2/c1-14(2)7-5-6-8-15-11-19(23)21(20(24)12-15)17-10-9-16-13-18(17)22(16,3)4/h9-12,14,16-18,23-24H,5-8,13H2,1-4H3. The fraction of sp³-hybridized carbons (Fsp3) is 0.636. The summed E-state index contributed by atoms with van der Waals surface area (Å²) in [6.45, 7) is 9.10. The predicted molar refractivity (Wildman–Crippen MR) is 99.4 cm³/mol. The van der Waals surface area contributed by atoms with Gasteiger partial charge in [-0.1, -0.05) is 52.7 Å². The van der Waals surface area contributed by atoms with Crippen LogP contribution in [0.15, 0.2) is 24.3 Å². The second-order valence-electron chi connectivity index (χ2n) is 8.87. The van der Waals surface area contributed by atoms with Gasteiger partial charge in [-0.2, -0.15) is 0 Å². The summed E-state index contributed by atoms with van der Waals surface area (Å²) in [7, 11) is 0. The summed E-state index contributed by atoms with van der Waals surface area (Å²) in [5.41, 5.74) is 2.05. The van der Waals surface area contributed by atoms with Crippen LogP contribution < -0.4 is 0 Å². The lowest BCUT2D eigenvalue weighted by Gasteiger charge is -2.57. The van der Waals surface area contributed by atoms with E-state index in [0.717, 1.165) is 29.9 Å².